The molecule has 0 atom stereocenters. The molecule has 0 fully saturated rings. The minimum Gasteiger partial charge on any atom is -0.545 e. The van der Waals surface area contributed by atoms with Crippen molar-refractivity contribution < 1.29 is 86.2 Å². The number of benzene rings is 1. The first kappa shape index (κ1) is 18.8. The van der Waals surface area contributed by atoms with E-state index in [1.165, 1.54) is 12.1 Å². The number of carbonyl (C=O) groups excluding carboxylic acids is 1. The summed E-state index contributed by atoms with van der Waals surface area (Å²) in [5.74, 6) is -2.08. The number of para-hydroxylation sites is 1. The van der Waals surface area contributed by atoms with Crippen LogP contribution in [0.15, 0.2) is 24.3 Å². The van der Waals surface area contributed by atoms with E-state index in [9.17, 15) is 18.3 Å². The van der Waals surface area contributed by atoms with Crippen molar-refractivity contribution in [2.24, 2.45) is 0 Å². The Morgan fingerprint density at radius 3 is 2.19 bits per heavy atom. The third kappa shape index (κ3) is 6.21. The van der Waals surface area contributed by atoms with Gasteiger partial charge >= 0.3 is 69.5 Å². The van der Waals surface area contributed by atoms with Crippen LogP contribution in [0.5, 0.6) is 5.75 Å². The van der Waals surface area contributed by atoms with Crippen LogP contribution in [0.3, 0.4) is 0 Å². The Bertz CT molecular complexity index is 458. The fourth-order valence-corrected chi connectivity index (χ4v) is 1.19. The van der Waals surface area contributed by atoms with Gasteiger partial charge in [0.25, 0.3) is 0 Å². The molecule has 0 amide bonds. The summed E-state index contributed by atoms with van der Waals surface area (Å²) in [6, 6.07) is 4.89. The van der Waals surface area contributed by atoms with Crippen LogP contribution < -0.4 is 68.4 Å². The molecule has 1 N–H and O–H groups in total. The van der Waals surface area contributed by atoms with Crippen LogP contribution >= 0.6 is 0 Å². The number of rotatable bonds is 3. The molecule has 0 aliphatic carbocycles. The van der Waals surface area contributed by atoms with Crippen LogP contribution in [-0.2, 0) is 10.4 Å². The third-order valence-corrected chi connectivity index (χ3v) is 1.69. The SMILES string of the molecule is O=C([O-])c1ccccc1OS(=O)(=O)O.[Na+].[Na+]. The number of aromatic carboxylic acids is 1. The minimum atomic E-state index is -4.72. The maximum absolute atomic E-state index is 10.4. The molecule has 0 saturated heterocycles. The van der Waals surface area contributed by atoms with E-state index in [0.717, 1.165) is 12.1 Å². The smallest absolute Gasteiger partial charge is 0.545 e. The van der Waals surface area contributed by atoms with Crippen LogP contribution in [0, 0.1) is 0 Å². The molecule has 1 rings (SSSR count). The monoisotopic (exact) mass is 263 g/mol. The molecule has 0 heterocycles. The summed E-state index contributed by atoms with van der Waals surface area (Å²) < 4.78 is 32.9. The van der Waals surface area contributed by atoms with E-state index in [1.54, 1.807) is 0 Å². The van der Waals surface area contributed by atoms with Gasteiger partial charge in [0.1, 0.15) is 0 Å². The van der Waals surface area contributed by atoms with Gasteiger partial charge in [-0.2, -0.15) is 8.42 Å². The molecule has 76 valence electrons. The van der Waals surface area contributed by atoms with Gasteiger partial charge < -0.3 is 14.1 Å². The van der Waals surface area contributed by atoms with E-state index >= 15 is 0 Å². The molecule has 0 spiro atoms. The fourth-order valence-electron chi connectivity index (χ4n) is 0.821. The first-order chi connectivity index (χ1) is 6.40. The number of carbonyl (C=O) groups is 1. The largest absolute Gasteiger partial charge is 1.00 e. The number of hydrogen-bond acceptors (Lipinski definition) is 5. The summed E-state index contributed by atoms with van der Waals surface area (Å²) in [7, 11) is -4.72. The number of carboxylic acids is 1. The molecule has 1 aromatic rings. The summed E-state index contributed by atoms with van der Waals surface area (Å²) in [5, 5.41) is 10.4. The van der Waals surface area contributed by atoms with Crippen molar-refractivity contribution >= 4 is 16.4 Å². The predicted octanol–water partition coefficient (Wildman–Crippen LogP) is -6.76. The second-order valence-electron chi connectivity index (χ2n) is 2.29. The van der Waals surface area contributed by atoms with Crippen molar-refractivity contribution in [2.75, 3.05) is 0 Å². The van der Waals surface area contributed by atoms with Gasteiger partial charge in [0.15, 0.2) is 5.75 Å². The normalized spacial score (nSPS) is 9.56. The van der Waals surface area contributed by atoms with Crippen LogP contribution in [-0.4, -0.2) is 18.9 Å². The van der Waals surface area contributed by atoms with Gasteiger partial charge in [0.2, 0.25) is 0 Å². The van der Waals surface area contributed by atoms with Crippen molar-refractivity contribution in [3.63, 3.8) is 0 Å². The van der Waals surface area contributed by atoms with Crippen molar-refractivity contribution in [3.05, 3.63) is 29.8 Å². The van der Waals surface area contributed by atoms with Gasteiger partial charge in [-0.15, -0.1) is 0 Å². The van der Waals surface area contributed by atoms with Crippen molar-refractivity contribution in [1.29, 1.82) is 0 Å². The maximum atomic E-state index is 10.4. The van der Waals surface area contributed by atoms with Crippen LogP contribution in [0.4, 0.5) is 0 Å². The zero-order chi connectivity index (χ0) is 10.8. The zero-order valence-corrected chi connectivity index (χ0v) is 13.5. The van der Waals surface area contributed by atoms with Gasteiger partial charge in [0, 0.05) is 5.56 Å². The summed E-state index contributed by atoms with van der Waals surface area (Å²) in [4.78, 5) is 10.4. The fraction of sp³-hybridized carbons (Fsp3) is 0. The Hall–Kier alpha value is 0.400. The van der Waals surface area contributed by atoms with Crippen molar-refractivity contribution in [1.82, 2.24) is 0 Å². The topological polar surface area (TPSA) is 104 Å². The van der Waals surface area contributed by atoms with Crippen LogP contribution in [0.2, 0.25) is 0 Å². The summed E-state index contributed by atoms with van der Waals surface area (Å²) in [6.45, 7) is 0. The summed E-state index contributed by atoms with van der Waals surface area (Å²) >= 11 is 0. The molecule has 0 aliphatic heterocycles. The van der Waals surface area contributed by atoms with Gasteiger partial charge in [-0.05, 0) is 12.1 Å². The van der Waals surface area contributed by atoms with Crippen LogP contribution in [0.25, 0.3) is 0 Å². The van der Waals surface area contributed by atoms with E-state index in [0.29, 0.717) is 0 Å². The average Bonchev–Trinajstić information content (AvgIpc) is 2.01. The molecule has 0 aromatic heterocycles. The van der Waals surface area contributed by atoms with Crippen LogP contribution in [0.1, 0.15) is 10.4 Å². The molecule has 0 radical (unpaired) electrons. The molecule has 0 unspecified atom stereocenters. The Balaban J connectivity index is 0. The molecule has 9 heteroatoms. The number of hydrogen-bond donors (Lipinski definition) is 1. The summed E-state index contributed by atoms with van der Waals surface area (Å²) in [6.07, 6.45) is 0. The quantitative estimate of drug-likeness (QED) is 0.429. The van der Waals surface area contributed by atoms with Crippen molar-refractivity contribution in [2.45, 2.75) is 0 Å². The van der Waals surface area contributed by atoms with E-state index in [1.807, 2.05) is 0 Å². The van der Waals surface area contributed by atoms with E-state index in [-0.39, 0.29) is 59.1 Å². The maximum Gasteiger partial charge on any atom is 1.00 e. The van der Waals surface area contributed by atoms with Gasteiger partial charge in [0.05, 0.1) is 5.97 Å². The Kier molecular flexibility index (Phi) is 9.00. The molecule has 1 aromatic carbocycles. The molecular weight excluding hydrogens is 258 g/mol. The van der Waals surface area contributed by atoms with Crippen molar-refractivity contribution in [3.8, 4) is 5.75 Å². The molecule has 6 nitrogen and oxygen atoms in total. The Morgan fingerprint density at radius 2 is 1.75 bits per heavy atom. The molecule has 0 bridgehead atoms. The molecule has 16 heavy (non-hydrogen) atoms. The predicted molar refractivity (Wildman–Crippen MR) is 42.9 cm³/mol. The van der Waals surface area contributed by atoms with Gasteiger partial charge in [-0.25, -0.2) is 0 Å². The Morgan fingerprint density at radius 1 is 1.25 bits per heavy atom. The van der Waals surface area contributed by atoms with Gasteiger partial charge in [-0.3, -0.25) is 4.55 Å². The number of carboxylic acid groups (broad SMARTS) is 1. The van der Waals surface area contributed by atoms with E-state index in [4.69, 9.17) is 4.55 Å². The summed E-state index contributed by atoms with van der Waals surface area (Å²) in [5.41, 5.74) is -0.454. The minimum absolute atomic E-state index is 0. The first-order valence-electron chi connectivity index (χ1n) is 3.37. The van der Waals surface area contributed by atoms with E-state index in [2.05, 4.69) is 4.18 Å². The second kappa shape index (κ2) is 7.67. The Labute approximate surface area is 137 Å². The molecule has 0 aliphatic rings. The first-order valence-corrected chi connectivity index (χ1v) is 4.74. The molecular formula is C7H5Na2O6S+. The van der Waals surface area contributed by atoms with Gasteiger partial charge in [-0.1, -0.05) is 12.1 Å². The molecule has 0 saturated carbocycles. The average molecular weight is 263 g/mol. The zero-order valence-electron chi connectivity index (χ0n) is 8.71. The standard InChI is InChI=1S/C7H6O6S.2Na/c8-7(9)5-3-1-2-4-6(5)13-14(10,11)12;;/h1-4H,(H,8,9)(H,10,11,12);;/q;2*+1/p-1. The third-order valence-electron chi connectivity index (χ3n) is 1.30. The van der Waals surface area contributed by atoms with E-state index < -0.39 is 27.7 Å². The second-order valence-corrected chi connectivity index (χ2v) is 3.32.